The van der Waals surface area contributed by atoms with Gasteiger partial charge in [0.05, 0.1) is 0 Å². The van der Waals surface area contributed by atoms with Crippen LogP contribution in [0.15, 0.2) is 18.3 Å². The van der Waals surface area contributed by atoms with Crippen molar-refractivity contribution in [3.8, 4) is 11.8 Å². The zero-order chi connectivity index (χ0) is 13.6. The van der Waals surface area contributed by atoms with Crippen LogP contribution in [-0.4, -0.2) is 28.3 Å². The molecule has 0 saturated heterocycles. The third-order valence-corrected chi connectivity index (χ3v) is 1.80. The molecule has 0 aromatic carbocycles. The van der Waals surface area contributed by atoms with Crippen LogP contribution in [0.5, 0.6) is 0 Å². The molecular formula is C13H17N3O2. The Morgan fingerprint density at radius 3 is 2.83 bits per heavy atom. The minimum absolute atomic E-state index is 0.199. The number of hydrogen-bond acceptors (Lipinski definition) is 3. The maximum absolute atomic E-state index is 11.6. The maximum Gasteiger partial charge on any atom is 0.320 e. The Morgan fingerprint density at radius 1 is 1.50 bits per heavy atom. The highest BCUT2D eigenvalue weighted by molar-refractivity contribution is 5.88. The van der Waals surface area contributed by atoms with E-state index in [4.69, 9.17) is 5.11 Å². The Labute approximate surface area is 107 Å². The minimum atomic E-state index is -0.317. The summed E-state index contributed by atoms with van der Waals surface area (Å²) in [6, 6.07) is 3.03. The van der Waals surface area contributed by atoms with Gasteiger partial charge in [0.15, 0.2) is 0 Å². The molecule has 0 spiro atoms. The maximum atomic E-state index is 11.6. The summed E-state index contributed by atoms with van der Waals surface area (Å²) in [5, 5.41) is 14.0. The molecule has 5 heteroatoms. The van der Waals surface area contributed by atoms with E-state index >= 15 is 0 Å². The van der Waals surface area contributed by atoms with Crippen molar-refractivity contribution in [1.29, 1.82) is 0 Å². The molecule has 18 heavy (non-hydrogen) atoms. The van der Waals surface area contributed by atoms with Crippen LogP contribution in [0, 0.1) is 11.8 Å². The fraction of sp³-hybridized carbons (Fsp3) is 0.385. The lowest BCUT2D eigenvalue weighted by molar-refractivity contribution is 0.243. The topological polar surface area (TPSA) is 74.2 Å². The molecular weight excluding hydrogens is 230 g/mol. The lowest BCUT2D eigenvalue weighted by atomic mass is 10.1. The number of carbonyl (C=O) groups is 1. The molecule has 1 aromatic heterocycles. The molecule has 0 saturated carbocycles. The van der Waals surface area contributed by atoms with Crippen LogP contribution in [-0.2, 0) is 0 Å². The molecule has 0 atom stereocenters. The zero-order valence-electron chi connectivity index (χ0n) is 10.7. The van der Waals surface area contributed by atoms with Gasteiger partial charge in [0.25, 0.3) is 0 Å². The second-order valence-corrected chi connectivity index (χ2v) is 4.72. The summed E-state index contributed by atoms with van der Waals surface area (Å²) in [6.07, 6.45) is 1.55. The summed E-state index contributed by atoms with van der Waals surface area (Å²) in [7, 11) is 0. The lowest BCUT2D eigenvalue weighted by Gasteiger charge is -2.20. The fourth-order valence-corrected chi connectivity index (χ4v) is 1.21. The molecule has 0 aliphatic rings. The highest BCUT2D eigenvalue weighted by Crippen LogP contribution is 2.06. The van der Waals surface area contributed by atoms with E-state index in [-0.39, 0.29) is 18.2 Å². The summed E-state index contributed by atoms with van der Waals surface area (Å²) in [4.78, 5) is 15.6. The molecule has 0 bridgehead atoms. The summed E-state index contributed by atoms with van der Waals surface area (Å²) < 4.78 is 0. The van der Waals surface area contributed by atoms with Crippen molar-refractivity contribution in [2.75, 3.05) is 11.9 Å². The van der Waals surface area contributed by atoms with Gasteiger partial charge in [-0.15, -0.1) is 0 Å². The monoisotopic (exact) mass is 247 g/mol. The van der Waals surface area contributed by atoms with Crippen molar-refractivity contribution < 1.29 is 9.90 Å². The summed E-state index contributed by atoms with van der Waals surface area (Å²) in [6.45, 7) is 5.48. The van der Waals surface area contributed by atoms with Crippen LogP contribution < -0.4 is 10.6 Å². The lowest BCUT2D eigenvalue weighted by Crippen LogP contribution is -2.43. The number of nitrogens with zero attached hydrogens (tertiary/aromatic N) is 1. The van der Waals surface area contributed by atoms with Crippen LogP contribution in [0.25, 0.3) is 0 Å². The SMILES string of the molecule is CC(C)(C)NC(=O)Nc1cc(C#CCO)ccn1. The van der Waals surface area contributed by atoms with Gasteiger partial charge in [-0.05, 0) is 32.9 Å². The van der Waals surface area contributed by atoms with Crippen molar-refractivity contribution in [3.05, 3.63) is 23.9 Å². The number of aromatic nitrogens is 1. The number of anilines is 1. The van der Waals surface area contributed by atoms with Crippen molar-refractivity contribution in [1.82, 2.24) is 10.3 Å². The van der Waals surface area contributed by atoms with E-state index in [0.29, 0.717) is 11.4 Å². The third kappa shape index (κ3) is 5.32. The number of hydrogen-bond donors (Lipinski definition) is 3. The number of aliphatic hydroxyl groups excluding tert-OH is 1. The molecule has 0 unspecified atom stereocenters. The number of nitrogens with one attached hydrogen (secondary N) is 2. The quantitative estimate of drug-likeness (QED) is 0.656. The number of amides is 2. The highest BCUT2D eigenvalue weighted by Gasteiger charge is 2.13. The molecule has 1 aromatic rings. The molecule has 0 fully saturated rings. The van der Waals surface area contributed by atoms with Crippen LogP contribution >= 0.6 is 0 Å². The summed E-state index contributed by atoms with van der Waals surface area (Å²) in [5.74, 6) is 5.70. The Morgan fingerprint density at radius 2 is 2.22 bits per heavy atom. The molecule has 3 N–H and O–H groups in total. The van der Waals surface area contributed by atoms with Crippen molar-refractivity contribution in [2.45, 2.75) is 26.3 Å². The summed E-state index contributed by atoms with van der Waals surface area (Å²) in [5.41, 5.74) is 0.378. The first-order valence-corrected chi connectivity index (χ1v) is 5.56. The van der Waals surface area contributed by atoms with E-state index in [9.17, 15) is 4.79 Å². The van der Waals surface area contributed by atoms with E-state index < -0.39 is 0 Å². The standard InChI is InChI=1S/C13H17N3O2/c1-13(2,3)16-12(18)15-11-9-10(5-4-8-17)6-7-14-11/h6-7,9,17H,8H2,1-3H3,(H2,14,15,16,18). The predicted molar refractivity (Wildman–Crippen MR) is 70.1 cm³/mol. The van der Waals surface area contributed by atoms with E-state index in [2.05, 4.69) is 27.5 Å². The summed E-state index contributed by atoms with van der Waals surface area (Å²) >= 11 is 0. The highest BCUT2D eigenvalue weighted by atomic mass is 16.2. The van der Waals surface area contributed by atoms with Crippen LogP contribution in [0.2, 0.25) is 0 Å². The zero-order valence-corrected chi connectivity index (χ0v) is 10.7. The van der Waals surface area contributed by atoms with Crippen LogP contribution in [0.1, 0.15) is 26.3 Å². The van der Waals surface area contributed by atoms with Crippen LogP contribution in [0.3, 0.4) is 0 Å². The number of rotatable bonds is 1. The van der Waals surface area contributed by atoms with E-state index in [1.165, 1.54) is 0 Å². The second kappa shape index (κ2) is 6.03. The van der Waals surface area contributed by atoms with Gasteiger partial charge in [-0.25, -0.2) is 9.78 Å². The first-order chi connectivity index (χ1) is 8.40. The van der Waals surface area contributed by atoms with Gasteiger partial charge >= 0.3 is 6.03 Å². The molecule has 0 radical (unpaired) electrons. The van der Waals surface area contributed by atoms with Gasteiger partial charge in [0, 0.05) is 17.3 Å². The van der Waals surface area contributed by atoms with Gasteiger partial charge < -0.3 is 10.4 Å². The molecule has 5 nitrogen and oxygen atoms in total. The van der Waals surface area contributed by atoms with E-state index in [1.807, 2.05) is 20.8 Å². The number of aliphatic hydroxyl groups is 1. The molecule has 0 aliphatic carbocycles. The molecule has 1 rings (SSSR count). The first kappa shape index (κ1) is 14.0. The largest absolute Gasteiger partial charge is 0.384 e. The molecule has 96 valence electrons. The molecule has 2 amide bonds. The Kier molecular flexibility index (Phi) is 4.69. The second-order valence-electron chi connectivity index (χ2n) is 4.72. The number of carbonyl (C=O) groups excluding carboxylic acids is 1. The normalized spacial score (nSPS) is 10.2. The smallest absolute Gasteiger partial charge is 0.320 e. The van der Waals surface area contributed by atoms with Gasteiger partial charge in [0.1, 0.15) is 12.4 Å². The minimum Gasteiger partial charge on any atom is -0.384 e. The van der Waals surface area contributed by atoms with Gasteiger partial charge in [0.2, 0.25) is 0 Å². The van der Waals surface area contributed by atoms with Crippen molar-refractivity contribution in [3.63, 3.8) is 0 Å². The average Bonchev–Trinajstić information content (AvgIpc) is 2.24. The van der Waals surface area contributed by atoms with E-state index in [0.717, 1.165) is 0 Å². The number of urea groups is 1. The first-order valence-electron chi connectivity index (χ1n) is 5.56. The molecule has 0 aliphatic heterocycles. The van der Waals surface area contributed by atoms with Gasteiger partial charge in [-0.3, -0.25) is 5.32 Å². The fourth-order valence-electron chi connectivity index (χ4n) is 1.21. The van der Waals surface area contributed by atoms with Crippen molar-refractivity contribution >= 4 is 11.8 Å². The number of pyridine rings is 1. The van der Waals surface area contributed by atoms with E-state index in [1.54, 1.807) is 18.3 Å². The Balaban J connectivity index is 2.70. The third-order valence-electron chi connectivity index (χ3n) is 1.80. The Hall–Kier alpha value is -2.06. The van der Waals surface area contributed by atoms with Crippen molar-refractivity contribution in [2.24, 2.45) is 0 Å². The molecule has 1 heterocycles. The van der Waals surface area contributed by atoms with Gasteiger partial charge in [-0.2, -0.15) is 0 Å². The van der Waals surface area contributed by atoms with Gasteiger partial charge in [-0.1, -0.05) is 11.8 Å². The average molecular weight is 247 g/mol. The van der Waals surface area contributed by atoms with Crippen LogP contribution in [0.4, 0.5) is 10.6 Å². The predicted octanol–water partition coefficient (Wildman–Crippen LogP) is 1.35. The Bertz CT molecular complexity index is 481.